The molecular weight excluding hydrogens is 182 g/mol. The van der Waals surface area contributed by atoms with Gasteiger partial charge in [-0.1, -0.05) is 19.3 Å². The normalized spacial score (nSPS) is 31.6. The van der Waals surface area contributed by atoms with Crippen LogP contribution in [0.5, 0.6) is 0 Å². The van der Waals surface area contributed by atoms with Crippen LogP contribution < -0.4 is 0 Å². The van der Waals surface area contributed by atoms with Gasteiger partial charge in [-0.3, -0.25) is 0 Å². The summed E-state index contributed by atoms with van der Waals surface area (Å²) >= 11 is 0. The number of halogens is 1. The fraction of sp³-hybridized carbons (Fsp3) is 1.00. The van der Waals surface area contributed by atoms with Crippen LogP contribution in [0.25, 0.3) is 0 Å². The van der Waals surface area contributed by atoms with E-state index in [-0.39, 0.29) is 12.4 Å². The maximum absolute atomic E-state index is 2.61. The van der Waals surface area contributed by atoms with Gasteiger partial charge < -0.3 is 4.90 Å². The molecule has 0 radical (unpaired) electrons. The van der Waals surface area contributed by atoms with Crippen LogP contribution in [0.4, 0.5) is 0 Å². The Balaban J connectivity index is 0.000000845. The van der Waals surface area contributed by atoms with Gasteiger partial charge in [0.25, 0.3) is 0 Å². The largest absolute Gasteiger partial charge is 0.303 e. The van der Waals surface area contributed by atoms with Crippen LogP contribution in [0.15, 0.2) is 0 Å². The summed E-state index contributed by atoms with van der Waals surface area (Å²) in [7, 11) is 2.32. The molecule has 78 valence electrons. The molecule has 0 amide bonds. The van der Waals surface area contributed by atoms with Gasteiger partial charge in [-0.25, -0.2) is 0 Å². The summed E-state index contributed by atoms with van der Waals surface area (Å²) in [5.41, 5.74) is 0. The number of rotatable bonds is 1. The van der Waals surface area contributed by atoms with Crippen LogP contribution in [0, 0.1) is 5.92 Å². The first-order chi connectivity index (χ1) is 5.88. The van der Waals surface area contributed by atoms with Gasteiger partial charge in [0.15, 0.2) is 0 Å². The van der Waals surface area contributed by atoms with E-state index in [1.165, 1.54) is 51.5 Å². The van der Waals surface area contributed by atoms with Gasteiger partial charge in [0.2, 0.25) is 0 Å². The van der Waals surface area contributed by atoms with Crippen molar-refractivity contribution in [3.8, 4) is 0 Å². The van der Waals surface area contributed by atoms with Crippen molar-refractivity contribution in [3.05, 3.63) is 0 Å². The van der Waals surface area contributed by atoms with Gasteiger partial charge in [0, 0.05) is 6.04 Å². The van der Waals surface area contributed by atoms with Gasteiger partial charge in [-0.05, 0) is 45.2 Å². The maximum atomic E-state index is 2.61. The minimum absolute atomic E-state index is 0. The first-order valence-corrected chi connectivity index (χ1v) is 5.58. The van der Waals surface area contributed by atoms with E-state index in [2.05, 4.69) is 11.9 Å². The molecule has 1 nitrogen and oxygen atoms in total. The Morgan fingerprint density at radius 3 is 2.15 bits per heavy atom. The fourth-order valence-corrected chi connectivity index (χ4v) is 3.04. The third-order valence-electron chi connectivity index (χ3n) is 3.77. The Kier molecular flexibility index (Phi) is 4.54. The van der Waals surface area contributed by atoms with E-state index in [0.717, 1.165) is 12.0 Å². The summed E-state index contributed by atoms with van der Waals surface area (Å²) in [6.45, 7) is 1.35. The summed E-state index contributed by atoms with van der Waals surface area (Å²) in [5, 5.41) is 0. The molecule has 2 heteroatoms. The van der Waals surface area contributed by atoms with Crippen molar-refractivity contribution in [2.24, 2.45) is 5.92 Å². The zero-order valence-electron chi connectivity index (χ0n) is 8.67. The molecule has 0 spiro atoms. The summed E-state index contributed by atoms with van der Waals surface area (Å²) in [6.07, 6.45) is 10.4. The monoisotopic (exact) mass is 203 g/mol. The first-order valence-electron chi connectivity index (χ1n) is 5.58. The highest BCUT2D eigenvalue weighted by Gasteiger charge is 2.29. The average Bonchev–Trinajstić information content (AvgIpc) is 2.57. The molecular formula is C11H22ClN. The molecule has 0 aromatic rings. The van der Waals surface area contributed by atoms with Gasteiger partial charge in [0.05, 0.1) is 0 Å². The molecule has 1 atom stereocenters. The van der Waals surface area contributed by atoms with Crippen LogP contribution in [-0.2, 0) is 0 Å². The summed E-state index contributed by atoms with van der Waals surface area (Å²) in [4.78, 5) is 2.61. The molecule has 13 heavy (non-hydrogen) atoms. The SMILES string of the molecule is CN1CCCCC1C1CCCC1.Cl. The quantitative estimate of drug-likeness (QED) is 0.633. The predicted octanol–water partition coefficient (Wildman–Crippen LogP) is 3.08. The van der Waals surface area contributed by atoms with Gasteiger partial charge in [-0.15, -0.1) is 12.4 Å². The lowest BCUT2D eigenvalue weighted by atomic mass is 9.90. The van der Waals surface area contributed by atoms with E-state index in [1.807, 2.05) is 0 Å². The van der Waals surface area contributed by atoms with Crippen molar-refractivity contribution in [2.45, 2.75) is 51.0 Å². The molecule has 2 aliphatic rings. The molecule has 0 aromatic heterocycles. The Hall–Kier alpha value is 0.250. The Morgan fingerprint density at radius 1 is 0.923 bits per heavy atom. The van der Waals surface area contributed by atoms with Crippen molar-refractivity contribution in [2.75, 3.05) is 13.6 Å². The van der Waals surface area contributed by atoms with Crippen LogP contribution in [0.1, 0.15) is 44.9 Å². The Morgan fingerprint density at radius 2 is 1.54 bits per heavy atom. The van der Waals surface area contributed by atoms with E-state index in [4.69, 9.17) is 0 Å². The van der Waals surface area contributed by atoms with Crippen LogP contribution in [-0.4, -0.2) is 24.5 Å². The minimum Gasteiger partial charge on any atom is -0.303 e. The first kappa shape index (κ1) is 11.3. The van der Waals surface area contributed by atoms with Crippen molar-refractivity contribution in [1.82, 2.24) is 4.90 Å². The smallest absolute Gasteiger partial charge is 0.0120 e. The lowest BCUT2D eigenvalue weighted by Crippen LogP contribution is -2.40. The van der Waals surface area contributed by atoms with Crippen LogP contribution in [0.3, 0.4) is 0 Å². The number of hydrogen-bond acceptors (Lipinski definition) is 1. The molecule has 2 fully saturated rings. The van der Waals surface area contributed by atoms with E-state index in [1.54, 1.807) is 0 Å². The second kappa shape index (κ2) is 5.21. The van der Waals surface area contributed by atoms with Crippen molar-refractivity contribution < 1.29 is 0 Å². The fourth-order valence-electron chi connectivity index (χ4n) is 3.04. The van der Waals surface area contributed by atoms with Crippen molar-refractivity contribution in [1.29, 1.82) is 0 Å². The second-order valence-corrected chi connectivity index (χ2v) is 4.59. The molecule has 1 saturated heterocycles. The average molecular weight is 204 g/mol. The lowest BCUT2D eigenvalue weighted by Gasteiger charge is -2.36. The molecule has 1 aliphatic heterocycles. The molecule has 1 unspecified atom stereocenters. The third kappa shape index (κ3) is 2.60. The van der Waals surface area contributed by atoms with E-state index < -0.39 is 0 Å². The summed E-state index contributed by atoms with van der Waals surface area (Å²) in [5.74, 6) is 1.05. The highest BCUT2D eigenvalue weighted by atomic mass is 35.5. The number of hydrogen-bond donors (Lipinski definition) is 0. The van der Waals surface area contributed by atoms with Crippen LogP contribution >= 0.6 is 12.4 Å². The standard InChI is InChI=1S/C11H21N.ClH/c1-12-9-5-4-8-11(12)10-6-2-3-7-10;/h10-11H,2-9H2,1H3;1H. The zero-order chi connectivity index (χ0) is 8.39. The highest BCUT2D eigenvalue weighted by molar-refractivity contribution is 5.85. The second-order valence-electron chi connectivity index (χ2n) is 4.59. The van der Waals surface area contributed by atoms with E-state index in [0.29, 0.717) is 0 Å². The van der Waals surface area contributed by atoms with Gasteiger partial charge >= 0.3 is 0 Å². The Labute approximate surface area is 88.3 Å². The van der Waals surface area contributed by atoms with Crippen molar-refractivity contribution in [3.63, 3.8) is 0 Å². The molecule has 0 aromatic carbocycles. The minimum atomic E-state index is 0. The highest BCUT2D eigenvalue weighted by Crippen LogP contribution is 2.33. The zero-order valence-corrected chi connectivity index (χ0v) is 9.48. The molecule has 1 saturated carbocycles. The maximum Gasteiger partial charge on any atom is 0.0120 e. The van der Waals surface area contributed by atoms with Crippen LogP contribution in [0.2, 0.25) is 0 Å². The molecule has 0 bridgehead atoms. The molecule has 1 aliphatic carbocycles. The summed E-state index contributed by atoms with van der Waals surface area (Å²) in [6, 6.07) is 0.946. The van der Waals surface area contributed by atoms with Gasteiger partial charge in [0.1, 0.15) is 0 Å². The Bertz CT molecular complexity index is 143. The number of likely N-dealkylation sites (tertiary alicyclic amines) is 1. The lowest BCUT2D eigenvalue weighted by molar-refractivity contribution is 0.131. The van der Waals surface area contributed by atoms with Crippen molar-refractivity contribution >= 4 is 12.4 Å². The number of nitrogens with zero attached hydrogens (tertiary/aromatic N) is 1. The molecule has 1 heterocycles. The molecule has 0 N–H and O–H groups in total. The third-order valence-corrected chi connectivity index (χ3v) is 3.77. The van der Waals surface area contributed by atoms with Gasteiger partial charge in [-0.2, -0.15) is 0 Å². The molecule has 2 rings (SSSR count). The topological polar surface area (TPSA) is 3.24 Å². The predicted molar refractivity (Wildman–Crippen MR) is 59.5 cm³/mol. The van der Waals surface area contributed by atoms with E-state index >= 15 is 0 Å². The summed E-state index contributed by atoms with van der Waals surface area (Å²) < 4.78 is 0. The number of piperidine rings is 1. The van der Waals surface area contributed by atoms with E-state index in [9.17, 15) is 0 Å².